The van der Waals surface area contributed by atoms with Crippen molar-refractivity contribution in [1.29, 1.82) is 0 Å². The highest BCUT2D eigenvalue weighted by molar-refractivity contribution is 7.14. The molecule has 13 heavy (non-hydrogen) atoms. The van der Waals surface area contributed by atoms with Gasteiger partial charge >= 0.3 is 0 Å². The lowest BCUT2D eigenvalue weighted by atomic mass is 10.2. The summed E-state index contributed by atoms with van der Waals surface area (Å²) in [6.45, 7) is 8.03. The lowest BCUT2D eigenvalue weighted by Gasteiger charge is -2.22. The number of anilines is 1. The molecule has 0 radical (unpaired) electrons. The van der Waals surface area contributed by atoms with Gasteiger partial charge < -0.3 is 4.90 Å². The Morgan fingerprint density at radius 3 is 2.69 bits per heavy atom. The number of aryl methyl sites for hydroxylation is 1. The number of thiophene rings is 1. The minimum Gasteiger partial charge on any atom is -0.361 e. The Morgan fingerprint density at radius 2 is 2.23 bits per heavy atom. The van der Waals surface area contributed by atoms with Crippen LogP contribution in [0.25, 0.3) is 0 Å². The van der Waals surface area contributed by atoms with Gasteiger partial charge in [-0.1, -0.05) is 0 Å². The van der Waals surface area contributed by atoms with E-state index in [1.807, 2.05) is 11.3 Å². The van der Waals surface area contributed by atoms with Gasteiger partial charge in [0.05, 0.1) is 5.00 Å². The summed E-state index contributed by atoms with van der Waals surface area (Å²) in [5.74, 6) is 0. The van der Waals surface area contributed by atoms with E-state index in [0.717, 1.165) is 6.04 Å². The van der Waals surface area contributed by atoms with Crippen molar-refractivity contribution < 1.29 is 0 Å². The first kappa shape index (κ1) is 9.07. The summed E-state index contributed by atoms with van der Waals surface area (Å²) in [4.78, 5) is 2.56. The van der Waals surface area contributed by atoms with E-state index in [9.17, 15) is 0 Å². The van der Waals surface area contributed by atoms with E-state index in [0.29, 0.717) is 0 Å². The molecule has 1 aromatic rings. The maximum atomic E-state index is 2.56. The van der Waals surface area contributed by atoms with Crippen LogP contribution in [0.4, 0.5) is 5.00 Å². The monoisotopic (exact) mass is 195 g/mol. The van der Waals surface area contributed by atoms with Gasteiger partial charge in [0.1, 0.15) is 0 Å². The summed E-state index contributed by atoms with van der Waals surface area (Å²) in [5, 5.41) is 3.78. The molecule has 0 aromatic carbocycles. The number of hydrogen-bond donors (Lipinski definition) is 0. The number of nitrogens with zero attached hydrogens (tertiary/aromatic N) is 1. The van der Waals surface area contributed by atoms with Crippen LogP contribution in [0.2, 0.25) is 0 Å². The summed E-state index contributed by atoms with van der Waals surface area (Å²) in [5.41, 5.74) is 2.93. The lowest BCUT2D eigenvalue weighted by Crippen LogP contribution is -2.25. The Bertz CT molecular complexity index is 303. The minimum absolute atomic E-state index is 0.747. The fourth-order valence-corrected chi connectivity index (χ4v) is 3.22. The molecule has 1 nitrogen and oxygen atoms in total. The zero-order chi connectivity index (χ0) is 9.42. The Morgan fingerprint density at radius 1 is 1.46 bits per heavy atom. The maximum Gasteiger partial charge on any atom is 0.0943 e. The van der Waals surface area contributed by atoms with E-state index in [2.05, 4.69) is 31.1 Å². The van der Waals surface area contributed by atoms with Gasteiger partial charge in [0.2, 0.25) is 0 Å². The van der Waals surface area contributed by atoms with Crippen LogP contribution in [0.5, 0.6) is 0 Å². The predicted octanol–water partition coefficient (Wildman–Crippen LogP) is 3.35. The first-order valence-electron chi connectivity index (χ1n) is 5.01. The van der Waals surface area contributed by atoms with Crippen LogP contribution in [0.3, 0.4) is 0 Å². The van der Waals surface area contributed by atoms with E-state index in [-0.39, 0.29) is 0 Å². The van der Waals surface area contributed by atoms with Crippen molar-refractivity contribution in [2.24, 2.45) is 0 Å². The van der Waals surface area contributed by atoms with Crippen molar-refractivity contribution in [1.82, 2.24) is 0 Å². The molecule has 0 spiro atoms. The molecule has 0 saturated carbocycles. The smallest absolute Gasteiger partial charge is 0.0943 e. The maximum absolute atomic E-state index is 2.56. The Labute approximate surface area is 84.4 Å². The van der Waals surface area contributed by atoms with E-state index in [4.69, 9.17) is 0 Å². The fourth-order valence-electron chi connectivity index (χ4n) is 2.01. The Kier molecular flexibility index (Phi) is 2.33. The van der Waals surface area contributed by atoms with Crippen LogP contribution < -0.4 is 4.90 Å². The summed E-state index contributed by atoms with van der Waals surface area (Å²) in [6.07, 6.45) is 2.72. The molecule has 1 aliphatic rings. The van der Waals surface area contributed by atoms with Crippen LogP contribution in [-0.2, 0) is 0 Å². The fraction of sp³-hybridized carbons (Fsp3) is 0.636. The number of rotatable bonds is 1. The minimum atomic E-state index is 0.747. The van der Waals surface area contributed by atoms with Crippen molar-refractivity contribution in [3.63, 3.8) is 0 Å². The van der Waals surface area contributed by atoms with Gasteiger partial charge in [-0.15, -0.1) is 11.3 Å². The summed E-state index contributed by atoms with van der Waals surface area (Å²) < 4.78 is 0. The standard InChI is InChI=1S/C11H17NS/c1-8-7-13-11(10(8)3)12-6-4-5-9(12)2/h7,9H,4-6H2,1-3H3. The second-order valence-electron chi connectivity index (χ2n) is 4.03. The Balaban J connectivity index is 2.29. The molecule has 0 aliphatic carbocycles. The van der Waals surface area contributed by atoms with Crippen molar-refractivity contribution in [2.45, 2.75) is 39.7 Å². The topological polar surface area (TPSA) is 3.24 Å². The zero-order valence-electron chi connectivity index (χ0n) is 8.63. The van der Waals surface area contributed by atoms with Gasteiger partial charge in [-0.2, -0.15) is 0 Å². The molecule has 0 amide bonds. The molecule has 72 valence electrons. The van der Waals surface area contributed by atoms with Gasteiger partial charge in [-0.05, 0) is 50.1 Å². The molecule has 1 fully saturated rings. The molecule has 0 bridgehead atoms. The van der Waals surface area contributed by atoms with Crippen LogP contribution in [0.15, 0.2) is 5.38 Å². The van der Waals surface area contributed by atoms with Gasteiger partial charge in [0.25, 0.3) is 0 Å². The molecule has 0 N–H and O–H groups in total. The molecule has 1 saturated heterocycles. The van der Waals surface area contributed by atoms with Crippen LogP contribution in [0.1, 0.15) is 30.9 Å². The van der Waals surface area contributed by atoms with Crippen molar-refractivity contribution in [3.05, 3.63) is 16.5 Å². The highest BCUT2D eigenvalue weighted by atomic mass is 32.1. The largest absolute Gasteiger partial charge is 0.361 e. The van der Waals surface area contributed by atoms with Crippen molar-refractivity contribution in [2.75, 3.05) is 11.4 Å². The van der Waals surface area contributed by atoms with E-state index >= 15 is 0 Å². The van der Waals surface area contributed by atoms with Gasteiger partial charge in [-0.25, -0.2) is 0 Å². The molecule has 2 heterocycles. The highest BCUT2D eigenvalue weighted by Gasteiger charge is 2.23. The SMILES string of the molecule is Cc1csc(N2CCCC2C)c1C. The van der Waals surface area contributed by atoms with Crippen molar-refractivity contribution in [3.8, 4) is 0 Å². The second-order valence-corrected chi connectivity index (χ2v) is 4.89. The first-order valence-corrected chi connectivity index (χ1v) is 5.89. The average molecular weight is 195 g/mol. The summed E-state index contributed by atoms with van der Waals surface area (Å²) >= 11 is 1.90. The second kappa shape index (κ2) is 3.33. The molecule has 1 atom stereocenters. The molecular formula is C11H17NS. The van der Waals surface area contributed by atoms with E-state index < -0.39 is 0 Å². The third-order valence-corrected chi connectivity index (χ3v) is 4.31. The highest BCUT2D eigenvalue weighted by Crippen LogP contribution is 2.34. The molecule has 1 unspecified atom stereocenters. The molecule has 1 aromatic heterocycles. The number of hydrogen-bond acceptors (Lipinski definition) is 2. The molecule has 2 rings (SSSR count). The zero-order valence-corrected chi connectivity index (χ0v) is 9.45. The van der Waals surface area contributed by atoms with Crippen LogP contribution in [0, 0.1) is 13.8 Å². The van der Waals surface area contributed by atoms with E-state index in [1.54, 1.807) is 0 Å². The van der Waals surface area contributed by atoms with Gasteiger partial charge in [0.15, 0.2) is 0 Å². The third-order valence-electron chi connectivity index (χ3n) is 3.07. The summed E-state index contributed by atoms with van der Waals surface area (Å²) in [6, 6.07) is 0.747. The normalized spacial score (nSPS) is 22.7. The summed E-state index contributed by atoms with van der Waals surface area (Å²) in [7, 11) is 0. The average Bonchev–Trinajstić information content (AvgIpc) is 2.62. The quantitative estimate of drug-likeness (QED) is 0.664. The van der Waals surface area contributed by atoms with Crippen LogP contribution >= 0.6 is 11.3 Å². The molecule has 1 aliphatic heterocycles. The predicted molar refractivity (Wildman–Crippen MR) is 59.8 cm³/mol. The van der Waals surface area contributed by atoms with Crippen LogP contribution in [-0.4, -0.2) is 12.6 Å². The Hall–Kier alpha value is -0.500. The molecular weight excluding hydrogens is 178 g/mol. The third kappa shape index (κ3) is 1.48. The van der Waals surface area contributed by atoms with Gasteiger partial charge in [-0.3, -0.25) is 0 Å². The lowest BCUT2D eigenvalue weighted by molar-refractivity contribution is 0.738. The molecule has 2 heteroatoms. The van der Waals surface area contributed by atoms with E-state index in [1.165, 1.54) is 35.5 Å². The first-order chi connectivity index (χ1) is 6.20. The van der Waals surface area contributed by atoms with Crippen molar-refractivity contribution >= 4 is 16.3 Å². The van der Waals surface area contributed by atoms with Gasteiger partial charge in [0, 0.05) is 12.6 Å².